The molecule has 1 N–H and O–H groups in total. The number of hydrogen-bond donors (Lipinski definition) is 1. The lowest BCUT2D eigenvalue weighted by molar-refractivity contribution is -0.113. The summed E-state index contributed by atoms with van der Waals surface area (Å²) in [7, 11) is 0. The number of amides is 1. The van der Waals surface area contributed by atoms with Crippen LogP contribution in [0, 0.1) is 11.6 Å². The van der Waals surface area contributed by atoms with Crippen LogP contribution in [0.4, 0.5) is 14.5 Å². The van der Waals surface area contributed by atoms with E-state index in [2.05, 4.69) is 15.5 Å². The van der Waals surface area contributed by atoms with Gasteiger partial charge >= 0.3 is 0 Å². The number of nitrogens with zero attached hydrogens (tertiary/aromatic N) is 3. The van der Waals surface area contributed by atoms with Crippen molar-refractivity contribution in [1.82, 2.24) is 14.8 Å². The van der Waals surface area contributed by atoms with Crippen LogP contribution < -0.4 is 10.1 Å². The van der Waals surface area contributed by atoms with E-state index in [0.717, 1.165) is 29.6 Å². The fourth-order valence-electron chi connectivity index (χ4n) is 3.16. The van der Waals surface area contributed by atoms with Crippen molar-refractivity contribution < 1.29 is 18.3 Å². The van der Waals surface area contributed by atoms with Gasteiger partial charge < -0.3 is 10.1 Å². The van der Waals surface area contributed by atoms with Gasteiger partial charge in [0.2, 0.25) is 5.91 Å². The fourth-order valence-corrected chi connectivity index (χ4v) is 4.10. The maximum absolute atomic E-state index is 13.8. The quantitative estimate of drug-likeness (QED) is 0.297. The lowest BCUT2D eigenvalue weighted by Gasteiger charge is -2.17. The highest BCUT2D eigenvalue weighted by atomic mass is 35.5. The van der Waals surface area contributed by atoms with Crippen molar-refractivity contribution in [2.24, 2.45) is 0 Å². The second kappa shape index (κ2) is 10.7. The molecule has 0 spiro atoms. The zero-order chi connectivity index (χ0) is 24.1. The summed E-state index contributed by atoms with van der Waals surface area (Å²) in [4.78, 5) is 12.4. The Morgan fingerprint density at radius 2 is 1.71 bits per heavy atom. The van der Waals surface area contributed by atoms with E-state index >= 15 is 0 Å². The highest BCUT2D eigenvalue weighted by Crippen LogP contribution is 2.31. The SMILES string of the molecule is CC(Oc1ccccc1Cl)c1nnc(SCC(=O)Nc2c(F)cccc2F)n1-c1ccccc1. The Kier molecular flexibility index (Phi) is 7.44. The molecule has 0 saturated heterocycles. The van der Waals surface area contributed by atoms with Crippen molar-refractivity contribution >= 4 is 35.0 Å². The zero-order valence-electron chi connectivity index (χ0n) is 17.9. The number of aromatic nitrogens is 3. The molecular formula is C24H19ClF2N4O2S. The first-order valence-electron chi connectivity index (χ1n) is 10.2. The van der Waals surface area contributed by atoms with E-state index in [1.807, 2.05) is 43.3 Å². The van der Waals surface area contributed by atoms with Gasteiger partial charge in [-0.25, -0.2) is 8.78 Å². The Morgan fingerprint density at radius 1 is 1.03 bits per heavy atom. The van der Waals surface area contributed by atoms with Gasteiger partial charge in [-0.15, -0.1) is 10.2 Å². The minimum Gasteiger partial charge on any atom is -0.481 e. The van der Waals surface area contributed by atoms with Gasteiger partial charge in [-0.3, -0.25) is 9.36 Å². The second-order valence-electron chi connectivity index (χ2n) is 7.14. The van der Waals surface area contributed by atoms with E-state index < -0.39 is 29.3 Å². The van der Waals surface area contributed by atoms with Gasteiger partial charge in [0.1, 0.15) is 23.1 Å². The molecule has 1 aromatic heterocycles. The van der Waals surface area contributed by atoms with Crippen molar-refractivity contribution in [2.75, 3.05) is 11.1 Å². The van der Waals surface area contributed by atoms with E-state index in [-0.39, 0.29) is 5.75 Å². The number of halogens is 3. The summed E-state index contributed by atoms with van der Waals surface area (Å²) in [5, 5.41) is 11.7. The first kappa shape index (κ1) is 23.7. The average Bonchev–Trinajstić information content (AvgIpc) is 3.26. The highest BCUT2D eigenvalue weighted by molar-refractivity contribution is 7.99. The average molecular weight is 501 g/mol. The second-order valence-corrected chi connectivity index (χ2v) is 8.49. The predicted molar refractivity (Wildman–Crippen MR) is 128 cm³/mol. The molecule has 0 aliphatic rings. The molecule has 10 heteroatoms. The molecule has 174 valence electrons. The number of benzene rings is 3. The van der Waals surface area contributed by atoms with E-state index in [9.17, 15) is 13.6 Å². The van der Waals surface area contributed by atoms with E-state index in [1.54, 1.807) is 22.8 Å². The summed E-state index contributed by atoms with van der Waals surface area (Å²) in [5.41, 5.74) is 0.278. The molecule has 0 radical (unpaired) electrons. The van der Waals surface area contributed by atoms with Gasteiger partial charge in [0.25, 0.3) is 0 Å². The summed E-state index contributed by atoms with van der Waals surface area (Å²) >= 11 is 7.30. The molecule has 3 aromatic carbocycles. The predicted octanol–water partition coefficient (Wildman–Crippen LogP) is 6.07. The molecule has 1 heterocycles. The van der Waals surface area contributed by atoms with Crippen LogP contribution in [0.25, 0.3) is 5.69 Å². The number of ether oxygens (including phenoxy) is 1. The number of para-hydroxylation sites is 3. The van der Waals surface area contributed by atoms with Crippen molar-refractivity contribution in [3.05, 3.63) is 95.3 Å². The summed E-state index contributed by atoms with van der Waals surface area (Å²) < 4.78 is 35.5. The van der Waals surface area contributed by atoms with Gasteiger partial charge in [-0.2, -0.15) is 0 Å². The standard InChI is InChI=1S/C24H19ClF2N4O2S/c1-15(33-20-13-6-5-10-17(20)25)23-29-30-24(31(23)16-8-3-2-4-9-16)34-14-21(32)28-22-18(26)11-7-12-19(22)27/h2-13,15H,14H2,1H3,(H,28,32). The van der Waals surface area contributed by atoms with Crippen LogP contribution in [0.1, 0.15) is 18.9 Å². The third kappa shape index (κ3) is 5.37. The van der Waals surface area contributed by atoms with Gasteiger partial charge in [0, 0.05) is 5.69 Å². The first-order valence-corrected chi connectivity index (χ1v) is 11.6. The first-order chi connectivity index (χ1) is 16.4. The minimum absolute atomic E-state index is 0.140. The van der Waals surface area contributed by atoms with Crippen LogP contribution in [0.3, 0.4) is 0 Å². The lowest BCUT2D eigenvalue weighted by atomic mass is 10.3. The maximum Gasteiger partial charge on any atom is 0.235 e. The Labute approximate surface area is 203 Å². The molecule has 0 fully saturated rings. The summed E-state index contributed by atoms with van der Waals surface area (Å²) in [6, 6.07) is 19.8. The Hall–Kier alpha value is -3.43. The summed E-state index contributed by atoms with van der Waals surface area (Å²) in [5.74, 6) is -1.43. The molecule has 4 aromatic rings. The number of hydrogen-bond acceptors (Lipinski definition) is 5. The summed E-state index contributed by atoms with van der Waals surface area (Å²) in [6.07, 6.45) is -0.525. The zero-order valence-corrected chi connectivity index (χ0v) is 19.5. The van der Waals surface area contributed by atoms with Crippen LogP contribution >= 0.6 is 23.4 Å². The molecule has 1 unspecified atom stereocenters. The Balaban J connectivity index is 1.56. The number of carbonyl (C=O) groups is 1. The number of anilines is 1. The minimum atomic E-state index is -0.848. The number of nitrogens with one attached hydrogen (secondary N) is 1. The van der Waals surface area contributed by atoms with Gasteiger partial charge in [-0.1, -0.05) is 59.8 Å². The smallest absolute Gasteiger partial charge is 0.235 e. The van der Waals surface area contributed by atoms with E-state index in [1.165, 1.54) is 6.07 Å². The number of carbonyl (C=O) groups excluding carboxylic acids is 1. The van der Waals surface area contributed by atoms with Crippen LogP contribution in [0.15, 0.2) is 78.0 Å². The Bertz CT molecular complexity index is 1280. The molecule has 6 nitrogen and oxygen atoms in total. The lowest BCUT2D eigenvalue weighted by Crippen LogP contribution is -2.17. The largest absolute Gasteiger partial charge is 0.481 e. The topological polar surface area (TPSA) is 69.0 Å². The molecule has 4 rings (SSSR count). The molecule has 1 atom stereocenters. The number of thioether (sulfide) groups is 1. The molecule has 0 saturated carbocycles. The third-order valence-corrected chi connectivity index (χ3v) is 5.98. The van der Waals surface area contributed by atoms with Gasteiger partial charge in [0.05, 0.1) is 10.8 Å². The van der Waals surface area contributed by atoms with Crippen molar-refractivity contribution in [1.29, 1.82) is 0 Å². The van der Waals surface area contributed by atoms with Crippen LogP contribution in [-0.4, -0.2) is 26.4 Å². The molecule has 1 amide bonds. The molecule has 0 aliphatic heterocycles. The maximum atomic E-state index is 13.8. The monoisotopic (exact) mass is 500 g/mol. The molecule has 0 bridgehead atoms. The normalized spacial score (nSPS) is 11.8. The van der Waals surface area contributed by atoms with Crippen LogP contribution in [0.5, 0.6) is 5.75 Å². The van der Waals surface area contributed by atoms with Crippen LogP contribution in [0.2, 0.25) is 5.02 Å². The van der Waals surface area contributed by atoms with Crippen LogP contribution in [-0.2, 0) is 4.79 Å². The van der Waals surface area contributed by atoms with Gasteiger partial charge in [-0.05, 0) is 43.3 Å². The fraction of sp³-hybridized carbons (Fsp3) is 0.125. The summed E-state index contributed by atoms with van der Waals surface area (Å²) in [6.45, 7) is 1.81. The van der Waals surface area contributed by atoms with E-state index in [0.29, 0.717) is 21.8 Å². The Morgan fingerprint density at radius 3 is 2.41 bits per heavy atom. The van der Waals surface area contributed by atoms with Crippen molar-refractivity contribution in [2.45, 2.75) is 18.2 Å². The highest BCUT2D eigenvalue weighted by Gasteiger charge is 2.22. The van der Waals surface area contributed by atoms with Crippen molar-refractivity contribution in [3.8, 4) is 11.4 Å². The molecular weight excluding hydrogens is 482 g/mol. The molecule has 0 aliphatic carbocycles. The third-order valence-electron chi connectivity index (χ3n) is 4.74. The van der Waals surface area contributed by atoms with E-state index in [4.69, 9.17) is 16.3 Å². The van der Waals surface area contributed by atoms with Crippen molar-refractivity contribution in [3.63, 3.8) is 0 Å². The molecule has 34 heavy (non-hydrogen) atoms. The number of rotatable bonds is 8. The van der Waals surface area contributed by atoms with Gasteiger partial charge in [0.15, 0.2) is 17.1 Å².